The maximum atomic E-state index is 13.9. The largest absolute Gasteiger partial charge is 0.491 e. The molecule has 2 aromatic carbocycles. The Hall–Kier alpha value is -1.97. The molecule has 0 heterocycles. The Morgan fingerprint density at radius 1 is 1.00 bits per heavy atom. The quantitative estimate of drug-likeness (QED) is 0.704. The average Bonchev–Trinajstić information content (AvgIpc) is 2.44. The molecule has 0 atom stereocenters. The predicted molar refractivity (Wildman–Crippen MR) is 72.2 cm³/mol. The van der Waals surface area contributed by atoms with E-state index in [1.165, 1.54) is 24.3 Å². The van der Waals surface area contributed by atoms with Gasteiger partial charge < -0.3 is 4.74 Å². The molecule has 106 valence electrons. The smallest absolute Gasteiger partial charge is 0.166 e. The first-order chi connectivity index (χ1) is 9.63. The van der Waals surface area contributed by atoms with E-state index in [0.717, 1.165) is 25.0 Å². The van der Waals surface area contributed by atoms with Gasteiger partial charge in [0.25, 0.3) is 0 Å². The number of hydrogen-bond acceptors (Lipinski definition) is 1. The summed E-state index contributed by atoms with van der Waals surface area (Å²) in [5.74, 6) is -2.39. The topological polar surface area (TPSA) is 9.23 Å². The summed E-state index contributed by atoms with van der Waals surface area (Å²) in [6.07, 6.45) is 1.79. The molecule has 0 N–H and O–H groups in total. The van der Waals surface area contributed by atoms with Crippen LogP contribution in [0.2, 0.25) is 0 Å². The first-order valence-electron chi connectivity index (χ1n) is 6.50. The van der Waals surface area contributed by atoms with Gasteiger partial charge in [-0.2, -0.15) is 0 Å². The summed E-state index contributed by atoms with van der Waals surface area (Å²) in [6, 6.07) is 7.92. The van der Waals surface area contributed by atoms with Crippen molar-refractivity contribution in [2.24, 2.45) is 0 Å². The van der Waals surface area contributed by atoms with Crippen LogP contribution < -0.4 is 4.74 Å². The molecule has 0 aliphatic rings. The normalized spacial score (nSPS) is 10.6. The molecule has 0 fully saturated rings. The first-order valence-corrected chi connectivity index (χ1v) is 6.50. The number of hydrogen-bond donors (Lipinski definition) is 0. The molecule has 2 rings (SSSR count). The van der Waals surface area contributed by atoms with Crippen LogP contribution in [0.5, 0.6) is 5.75 Å². The minimum absolute atomic E-state index is 0.0315. The van der Waals surface area contributed by atoms with Crippen LogP contribution in [0.1, 0.15) is 19.8 Å². The lowest BCUT2D eigenvalue weighted by atomic mass is 10.0. The lowest BCUT2D eigenvalue weighted by molar-refractivity contribution is 0.294. The molecule has 20 heavy (non-hydrogen) atoms. The van der Waals surface area contributed by atoms with Crippen molar-refractivity contribution in [3.8, 4) is 16.9 Å². The van der Waals surface area contributed by atoms with Crippen molar-refractivity contribution in [1.29, 1.82) is 0 Å². The van der Waals surface area contributed by atoms with Gasteiger partial charge >= 0.3 is 0 Å². The third kappa shape index (κ3) is 3.13. The second-order valence-electron chi connectivity index (χ2n) is 4.45. The van der Waals surface area contributed by atoms with E-state index in [2.05, 4.69) is 0 Å². The molecule has 0 radical (unpaired) electrons. The highest BCUT2D eigenvalue weighted by molar-refractivity contribution is 5.65. The van der Waals surface area contributed by atoms with Crippen molar-refractivity contribution >= 4 is 0 Å². The van der Waals surface area contributed by atoms with Crippen molar-refractivity contribution < 1.29 is 17.9 Å². The van der Waals surface area contributed by atoms with E-state index in [9.17, 15) is 13.2 Å². The fourth-order valence-corrected chi connectivity index (χ4v) is 1.84. The fraction of sp³-hybridized carbons (Fsp3) is 0.250. The van der Waals surface area contributed by atoms with E-state index in [-0.39, 0.29) is 16.9 Å². The number of rotatable bonds is 5. The Labute approximate surface area is 116 Å². The van der Waals surface area contributed by atoms with Crippen LogP contribution in [0.25, 0.3) is 11.1 Å². The summed E-state index contributed by atoms with van der Waals surface area (Å²) in [5.41, 5.74) is 0.311. The molecule has 0 amide bonds. The number of unbranched alkanes of at least 4 members (excludes halogenated alkanes) is 1. The average molecular weight is 280 g/mol. The van der Waals surface area contributed by atoms with Crippen LogP contribution in [0.3, 0.4) is 0 Å². The Kier molecular flexibility index (Phi) is 4.66. The van der Waals surface area contributed by atoms with Crippen LogP contribution in [-0.4, -0.2) is 6.61 Å². The Morgan fingerprint density at radius 2 is 1.80 bits per heavy atom. The zero-order valence-electron chi connectivity index (χ0n) is 11.1. The molecule has 4 heteroatoms. The summed E-state index contributed by atoms with van der Waals surface area (Å²) >= 11 is 0. The summed E-state index contributed by atoms with van der Waals surface area (Å²) < 4.78 is 45.9. The fourth-order valence-electron chi connectivity index (χ4n) is 1.84. The lowest BCUT2D eigenvalue weighted by Crippen LogP contribution is -1.99. The number of benzene rings is 2. The molecular formula is C16H15F3O. The molecule has 0 aromatic heterocycles. The molecule has 2 aromatic rings. The zero-order valence-corrected chi connectivity index (χ0v) is 11.1. The van der Waals surface area contributed by atoms with Crippen molar-refractivity contribution in [2.75, 3.05) is 6.61 Å². The Morgan fingerprint density at radius 3 is 2.50 bits per heavy atom. The molecule has 0 aliphatic carbocycles. The molecule has 0 saturated carbocycles. The minimum atomic E-state index is -0.980. The van der Waals surface area contributed by atoms with Crippen molar-refractivity contribution in [2.45, 2.75) is 19.8 Å². The maximum Gasteiger partial charge on any atom is 0.166 e. The molecule has 0 spiro atoms. The lowest BCUT2D eigenvalue weighted by Gasteiger charge is -2.09. The number of ether oxygens (including phenoxy) is 1. The third-order valence-electron chi connectivity index (χ3n) is 2.95. The van der Waals surface area contributed by atoms with Gasteiger partial charge in [-0.05, 0) is 30.2 Å². The van der Waals surface area contributed by atoms with Crippen molar-refractivity contribution in [3.05, 3.63) is 53.8 Å². The molecular weight excluding hydrogens is 265 g/mol. The first kappa shape index (κ1) is 14.4. The van der Waals surface area contributed by atoms with E-state index < -0.39 is 17.5 Å². The van der Waals surface area contributed by atoms with Crippen molar-refractivity contribution in [3.63, 3.8) is 0 Å². The van der Waals surface area contributed by atoms with Crippen LogP contribution in [0.15, 0.2) is 36.4 Å². The maximum absolute atomic E-state index is 13.9. The monoisotopic (exact) mass is 280 g/mol. The third-order valence-corrected chi connectivity index (χ3v) is 2.95. The second-order valence-corrected chi connectivity index (χ2v) is 4.45. The van der Waals surface area contributed by atoms with Gasteiger partial charge in [-0.3, -0.25) is 0 Å². The SMILES string of the molecule is CCCCOc1ccc(-c2cccc(F)c2F)cc1F. The van der Waals surface area contributed by atoms with E-state index in [1.54, 1.807) is 0 Å². The zero-order chi connectivity index (χ0) is 14.5. The highest BCUT2D eigenvalue weighted by Gasteiger charge is 2.12. The van der Waals surface area contributed by atoms with Gasteiger partial charge in [0.2, 0.25) is 0 Å². The second kappa shape index (κ2) is 6.46. The van der Waals surface area contributed by atoms with Crippen molar-refractivity contribution in [1.82, 2.24) is 0 Å². The van der Waals surface area contributed by atoms with E-state index in [4.69, 9.17) is 4.74 Å². The van der Waals surface area contributed by atoms with Gasteiger partial charge in [-0.25, -0.2) is 13.2 Å². The summed E-state index contributed by atoms with van der Waals surface area (Å²) in [4.78, 5) is 0. The number of halogens is 3. The highest BCUT2D eigenvalue weighted by atomic mass is 19.2. The van der Waals surface area contributed by atoms with Gasteiger partial charge in [0, 0.05) is 5.56 Å². The summed E-state index contributed by atoms with van der Waals surface area (Å²) in [6.45, 7) is 2.44. The van der Waals surface area contributed by atoms with Gasteiger partial charge in [-0.15, -0.1) is 0 Å². The predicted octanol–water partition coefficient (Wildman–Crippen LogP) is 4.95. The van der Waals surface area contributed by atoms with Crippen LogP contribution >= 0.6 is 0 Å². The molecule has 0 saturated heterocycles. The standard InChI is InChI=1S/C16H15F3O/c1-2-3-9-20-15-8-7-11(10-14(15)18)12-5-4-6-13(17)16(12)19/h4-8,10H,2-3,9H2,1H3. The molecule has 0 aliphatic heterocycles. The van der Waals surface area contributed by atoms with E-state index >= 15 is 0 Å². The van der Waals surface area contributed by atoms with E-state index in [1.807, 2.05) is 6.92 Å². The highest BCUT2D eigenvalue weighted by Crippen LogP contribution is 2.28. The van der Waals surface area contributed by atoms with Gasteiger partial charge in [0.05, 0.1) is 6.61 Å². The summed E-state index contributed by atoms with van der Waals surface area (Å²) in [5, 5.41) is 0. The molecule has 0 unspecified atom stereocenters. The van der Waals surface area contributed by atoms with E-state index in [0.29, 0.717) is 6.61 Å². The van der Waals surface area contributed by atoms with Crippen LogP contribution in [0.4, 0.5) is 13.2 Å². The Balaban J connectivity index is 2.26. The Bertz CT molecular complexity index is 596. The van der Waals surface area contributed by atoms with Crippen LogP contribution in [0, 0.1) is 17.5 Å². The van der Waals surface area contributed by atoms with Crippen LogP contribution in [-0.2, 0) is 0 Å². The molecule has 0 bridgehead atoms. The minimum Gasteiger partial charge on any atom is -0.491 e. The molecule has 1 nitrogen and oxygen atoms in total. The van der Waals surface area contributed by atoms with Gasteiger partial charge in [0.15, 0.2) is 23.2 Å². The summed E-state index contributed by atoms with van der Waals surface area (Å²) in [7, 11) is 0. The van der Waals surface area contributed by atoms with Gasteiger partial charge in [0.1, 0.15) is 0 Å². The van der Waals surface area contributed by atoms with Gasteiger partial charge in [-0.1, -0.05) is 31.5 Å².